The standard InChI is InChI=1S/C15H15FN2O/c1-10(11-5-3-2-4-6-11)18-15(19)13-9-12(17)7-8-14(13)16/h2-10H,17H2,1H3,(H,18,19)/t10-/m0/s1. The Kier molecular flexibility index (Phi) is 3.80. The Hall–Kier alpha value is -2.36. The monoisotopic (exact) mass is 258 g/mol. The molecule has 4 heteroatoms. The average molecular weight is 258 g/mol. The fourth-order valence-corrected chi connectivity index (χ4v) is 1.82. The van der Waals surface area contributed by atoms with Gasteiger partial charge in [0.2, 0.25) is 0 Å². The Bertz CT molecular complexity index is 584. The number of anilines is 1. The van der Waals surface area contributed by atoms with Crippen molar-refractivity contribution in [3.8, 4) is 0 Å². The van der Waals surface area contributed by atoms with Gasteiger partial charge in [-0.1, -0.05) is 30.3 Å². The Morgan fingerprint density at radius 1 is 1.21 bits per heavy atom. The maximum absolute atomic E-state index is 13.6. The minimum atomic E-state index is -0.577. The van der Waals surface area contributed by atoms with Crippen molar-refractivity contribution in [1.82, 2.24) is 5.32 Å². The van der Waals surface area contributed by atoms with E-state index in [1.807, 2.05) is 37.3 Å². The Morgan fingerprint density at radius 3 is 2.58 bits per heavy atom. The third kappa shape index (κ3) is 3.10. The first-order valence-corrected chi connectivity index (χ1v) is 5.99. The number of halogens is 1. The summed E-state index contributed by atoms with van der Waals surface area (Å²) < 4.78 is 13.6. The second kappa shape index (κ2) is 5.52. The molecule has 98 valence electrons. The fourth-order valence-electron chi connectivity index (χ4n) is 1.82. The number of carbonyl (C=O) groups is 1. The van der Waals surface area contributed by atoms with Gasteiger partial charge < -0.3 is 11.1 Å². The van der Waals surface area contributed by atoms with Crippen molar-refractivity contribution in [3.63, 3.8) is 0 Å². The quantitative estimate of drug-likeness (QED) is 0.832. The third-order valence-electron chi connectivity index (χ3n) is 2.88. The molecule has 0 saturated heterocycles. The molecule has 3 nitrogen and oxygen atoms in total. The van der Waals surface area contributed by atoms with E-state index in [0.717, 1.165) is 5.56 Å². The van der Waals surface area contributed by atoms with Gasteiger partial charge in [0.15, 0.2) is 0 Å². The molecule has 0 aliphatic heterocycles. The van der Waals surface area contributed by atoms with Crippen LogP contribution in [0.1, 0.15) is 28.9 Å². The lowest BCUT2D eigenvalue weighted by Crippen LogP contribution is -2.27. The molecule has 1 atom stereocenters. The fraction of sp³-hybridized carbons (Fsp3) is 0.133. The zero-order valence-electron chi connectivity index (χ0n) is 10.6. The summed E-state index contributed by atoms with van der Waals surface area (Å²) in [5.41, 5.74) is 6.84. The lowest BCUT2D eigenvalue weighted by molar-refractivity contribution is 0.0936. The molecule has 1 amide bonds. The number of hydrogen-bond acceptors (Lipinski definition) is 2. The normalized spacial score (nSPS) is 11.9. The van der Waals surface area contributed by atoms with Gasteiger partial charge in [-0.05, 0) is 30.7 Å². The maximum atomic E-state index is 13.6. The summed E-state index contributed by atoms with van der Waals surface area (Å²) in [7, 11) is 0. The van der Waals surface area contributed by atoms with Crippen LogP contribution in [0.3, 0.4) is 0 Å². The second-order valence-corrected chi connectivity index (χ2v) is 4.35. The zero-order chi connectivity index (χ0) is 13.8. The molecular formula is C15H15FN2O. The number of carbonyl (C=O) groups excluding carboxylic acids is 1. The summed E-state index contributed by atoms with van der Waals surface area (Å²) in [6, 6.07) is 13.2. The minimum Gasteiger partial charge on any atom is -0.399 e. The Balaban J connectivity index is 2.15. The molecule has 2 aromatic carbocycles. The van der Waals surface area contributed by atoms with E-state index in [1.165, 1.54) is 18.2 Å². The van der Waals surface area contributed by atoms with E-state index in [-0.39, 0.29) is 11.6 Å². The first-order valence-electron chi connectivity index (χ1n) is 5.99. The molecule has 0 bridgehead atoms. The first kappa shape index (κ1) is 13.1. The topological polar surface area (TPSA) is 55.1 Å². The highest BCUT2D eigenvalue weighted by Gasteiger charge is 2.15. The highest BCUT2D eigenvalue weighted by Crippen LogP contribution is 2.15. The van der Waals surface area contributed by atoms with Crippen LogP contribution in [0.4, 0.5) is 10.1 Å². The van der Waals surface area contributed by atoms with Crippen LogP contribution in [0.25, 0.3) is 0 Å². The number of nitrogens with two attached hydrogens (primary N) is 1. The summed E-state index contributed by atoms with van der Waals surface area (Å²) in [6.45, 7) is 1.84. The van der Waals surface area contributed by atoms with Crippen molar-refractivity contribution in [1.29, 1.82) is 0 Å². The molecule has 0 aliphatic carbocycles. The number of amides is 1. The van der Waals surface area contributed by atoms with Gasteiger partial charge in [-0.2, -0.15) is 0 Å². The van der Waals surface area contributed by atoms with Gasteiger partial charge in [0.1, 0.15) is 5.82 Å². The number of nitrogen functional groups attached to an aromatic ring is 1. The highest BCUT2D eigenvalue weighted by atomic mass is 19.1. The Labute approximate surface area is 111 Å². The molecule has 0 aliphatic rings. The summed E-state index contributed by atoms with van der Waals surface area (Å²) in [6.07, 6.45) is 0. The first-order chi connectivity index (χ1) is 9.08. The lowest BCUT2D eigenvalue weighted by atomic mass is 10.1. The Morgan fingerprint density at radius 2 is 1.89 bits per heavy atom. The molecule has 0 fully saturated rings. The predicted octanol–water partition coefficient (Wildman–Crippen LogP) is 2.90. The van der Waals surface area contributed by atoms with Gasteiger partial charge in [-0.25, -0.2) is 4.39 Å². The van der Waals surface area contributed by atoms with Gasteiger partial charge in [0.25, 0.3) is 5.91 Å². The van der Waals surface area contributed by atoms with E-state index in [9.17, 15) is 9.18 Å². The SMILES string of the molecule is C[C@H](NC(=O)c1cc(N)ccc1F)c1ccccc1. The van der Waals surface area contributed by atoms with Crippen molar-refractivity contribution in [2.45, 2.75) is 13.0 Å². The van der Waals surface area contributed by atoms with Crippen LogP contribution in [0, 0.1) is 5.82 Å². The van der Waals surface area contributed by atoms with Crippen LogP contribution in [0.5, 0.6) is 0 Å². The lowest BCUT2D eigenvalue weighted by Gasteiger charge is -2.14. The van der Waals surface area contributed by atoms with Gasteiger partial charge in [0.05, 0.1) is 11.6 Å². The van der Waals surface area contributed by atoms with E-state index in [0.29, 0.717) is 5.69 Å². The van der Waals surface area contributed by atoms with Gasteiger partial charge in [0, 0.05) is 5.69 Å². The number of benzene rings is 2. The summed E-state index contributed by atoms with van der Waals surface area (Å²) >= 11 is 0. The van der Waals surface area contributed by atoms with Gasteiger partial charge in [-0.15, -0.1) is 0 Å². The van der Waals surface area contributed by atoms with Gasteiger partial charge in [-0.3, -0.25) is 4.79 Å². The van der Waals surface area contributed by atoms with Crippen LogP contribution in [-0.2, 0) is 0 Å². The third-order valence-corrected chi connectivity index (χ3v) is 2.88. The van der Waals surface area contributed by atoms with E-state index < -0.39 is 11.7 Å². The number of nitrogens with one attached hydrogen (secondary N) is 1. The van der Waals surface area contributed by atoms with E-state index in [4.69, 9.17) is 5.73 Å². The van der Waals surface area contributed by atoms with E-state index in [2.05, 4.69) is 5.32 Å². The van der Waals surface area contributed by atoms with Crippen LogP contribution in [-0.4, -0.2) is 5.91 Å². The molecule has 2 rings (SSSR count). The number of hydrogen-bond donors (Lipinski definition) is 2. The van der Waals surface area contributed by atoms with Crippen molar-refractivity contribution in [2.24, 2.45) is 0 Å². The van der Waals surface area contributed by atoms with E-state index >= 15 is 0 Å². The minimum absolute atomic E-state index is 0.0391. The zero-order valence-corrected chi connectivity index (χ0v) is 10.6. The van der Waals surface area contributed by atoms with Crippen LogP contribution < -0.4 is 11.1 Å². The molecule has 3 N–H and O–H groups in total. The maximum Gasteiger partial charge on any atom is 0.254 e. The molecule has 0 heterocycles. The van der Waals surface area contributed by atoms with E-state index in [1.54, 1.807) is 0 Å². The molecule has 19 heavy (non-hydrogen) atoms. The molecule has 0 radical (unpaired) electrons. The van der Waals surface area contributed by atoms with Crippen LogP contribution in [0.15, 0.2) is 48.5 Å². The second-order valence-electron chi connectivity index (χ2n) is 4.35. The largest absolute Gasteiger partial charge is 0.399 e. The molecule has 0 aromatic heterocycles. The summed E-state index contributed by atoms with van der Waals surface area (Å²) in [5, 5.41) is 2.75. The summed E-state index contributed by atoms with van der Waals surface area (Å²) in [4.78, 5) is 12.0. The van der Waals surface area contributed by atoms with Gasteiger partial charge >= 0.3 is 0 Å². The smallest absolute Gasteiger partial charge is 0.254 e. The molecule has 0 saturated carbocycles. The molecule has 0 spiro atoms. The average Bonchev–Trinajstić information content (AvgIpc) is 2.42. The van der Waals surface area contributed by atoms with Crippen molar-refractivity contribution >= 4 is 11.6 Å². The highest BCUT2D eigenvalue weighted by molar-refractivity contribution is 5.95. The van der Waals surface area contributed by atoms with Crippen molar-refractivity contribution in [3.05, 3.63) is 65.5 Å². The molecular weight excluding hydrogens is 243 g/mol. The molecule has 2 aromatic rings. The van der Waals surface area contributed by atoms with Crippen molar-refractivity contribution < 1.29 is 9.18 Å². The number of rotatable bonds is 3. The summed E-state index contributed by atoms with van der Waals surface area (Å²) in [5.74, 6) is -1.05. The van der Waals surface area contributed by atoms with Crippen molar-refractivity contribution in [2.75, 3.05) is 5.73 Å². The molecule has 0 unspecified atom stereocenters. The van der Waals surface area contributed by atoms with Crippen LogP contribution >= 0.6 is 0 Å². The predicted molar refractivity (Wildman–Crippen MR) is 73.1 cm³/mol. The van der Waals surface area contributed by atoms with Crippen LogP contribution in [0.2, 0.25) is 0 Å².